The first-order valence-electron chi connectivity index (χ1n) is 10.5. The maximum Gasteiger partial charge on any atom is 0.212 e. The highest BCUT2D eigenvalue weighted by Gasteiger charge is 2.29. The third kappa shape index (κ3) is 6.42. The van der Waals surface area contributed by atoms with Crippen molar-refractivity contribution in [2.75, 3.05) is 12.3 Å². The lowest BCUT2D eigenvalue weighted by Crippen LogP contribution is -2.38. The molecule has 0 spiro atoms. The van der Waals surface area contributed by atoms with Gasteiger partial charge in [0.25, 0.3) is 0 Å². The number of sulfonamides is 1. The molecule has 3 aromatic rings. The highest BCUT2D eigenvalue weighted by molar-refractivity contribution is 7.89. The first-order valence-corrected chi connectivity index (χ1v) is 12.5. The summed E-state index contributed by atoms with van der Waals surface area (Å²) in [5, 5.41) is 0.667. The molecule has 2 unspecified atom stereocenters. The van der Waals surface area contributed by atoms with E-state index in [1.165, 1.54) is 5.56 Å². The van der Waals surface area contributed by atoms with Crippen molar-refractivity contribution in [2.24, 2.45) is 0 Å². The lowest BCUT2D eigenvalue weighted by atomic mass is 9.83. The molecule has 0 amide bonds. The molecule has 3 nitrogen and oxygen atoms in total. The number of hydrogen-bond acceptors (Lipinski definition) is 2. The van der Waals surface area contributed by atoms with E-state index in [1.54, 1.807) is 0 Å². The Balaban J connectivity index is 1.80. The van der Waals surface area contributed by atoms with Crippen LogP contribution in [-0.4, -0.2) is 20.7 Å². The monoisotopic (exact) mass is 455 g/mol. The minimum absolute atomic E-state index is 0.0192. The molecular weight excluding hydrogens is 426 g/mol. The Labute approximate surface area is 191 Å². The number of halogens is 1. The van der Waals surface area contributed by atoms with E-state index in [0.717, 1.165) is 11.1 Å². The van der Waals surface area contributed by atoms with Gasteiger partial charge < -0.3 is 0 Å². The molecule has 0 saturated carbocycles. The van der Waals surface area contributed by atoms with Crippen LogP contribution in [0.15, 0.2) is 84.9 Å². The lowest BCUT2D eigenvalue weighted by molar-refractivity contribution is 0.519. The molecular formula is C26H30ClNO2S. The van der Waals surface area contributed by atoms with Crippen molar-refractivity contribution in [3.05, 3.63) is 107 Å². The summed E-state index contributed by atoms with van der Waals surface area (Å²) in [6.07, 6.45) is 0. The van der Waals surface area contributed by atoms with Gasteiger partial charge in [-0.3, -0.25) is 0 Å². The van der Waals surface area contributed by atoms with Crippen LogP contribution in [0.1, 0.15) is 49.3 Å². The molecule has 0 aliphatic heterocycles. The second-order valence-corrected chi connectivity index (χ2v) is 11.0. The summed E-state index contributed by atoms with van der Waals surface area (Å²) in [7, 11) is -3.49. The van der Waals surface area contributed by atoms with Crippen LogP contribution in [0.25, 0.3) is 0 Å². The third-order valence-electron chi connectivity index (χ3n) is 5.86. The predicted molar refractivity (Wildman–Crippen MR) is 130 cm³/mol. The molecule has 0 aromatic heterocycles. The lowest BCUT2D eigenvalue weighted by Gasteiger charge is -2.28. The number of benzene rings is 3. The van der Waals surface area contributed by atoms with Crippen molar-refractivity contribution in [1.82, 2.24) is 4.72 Å². The highest BCUT2D eigenvalue weighted by Crippen LogP contribution is 2.33. The van der Waals surface area contributed by atoms with Crippen LogP contribution in [0, 0.1) is 0 Å². The predicted octanol–water partition coefficient (Wildman–Crippen LogP) is 6.12. The molecule has 164 valence electrons. The van der Waals surface area contributed by atoms with E-state index in [-0.39, 0.29) is 17.6 Å². The Bertz CT molecular complexity index is 1070. The van der Waals surface area contributed by atoms with Crippen molar-refractivity contribution in [3.8, 4) is 0 Å². The normalized spacial score (nSPS) is 14.2. The van der Waals surface area contributed by atoms with E-state index in [0.29, 0.717) is 11.6 Å². The number of nitrogens with one attached hydrogen (secondary N) is 1. The van der Waals surface area contributed by atoms with Crippen LogP contribution in [0.2, 0.25) is 5.02 Å². The molecule has 5 heteroatoms. The zero-order valence-corrected chi connectivity index (χ0v) is 19.8. The van der Waals surface area contributed by atoms with Gasteiger partial charge in [-0.15, -0.1) is 0 Å². The maximum absolute atomic E-state index is 13.0. The van der Waals surface area contributed by atoms with Crippen LogP contribution in [0.3, 0.4) is 0 Å². The fraction of sp³-hybridized carbons (Fsp3) is 0.308. The molecule has 0 bridgehead atoms. The van der Waals surface area contributed by atoms with Gasteiger partial charge in [-0.25, -0.2) is 13.1 Å². The Hall–Kier alpha value is -2.14. The molecule has 0 heterocycles. The van der Waals surface area contributed by atoms with Crippen LogP contribution in [0.4, 0.5) is 0 Å². The molecule has 3 aromatic carbocycles. The Morgan fingerprint density at radius 2 is 1.39 bits per heavy atom. The Kier molecular flexibility index (Phi) is 7.58. The van der Waals surface area contributed by atoms with Crippen molar-refractivity contribution >= 4 is 21.6 Å². The summed E-state index contributed by atoms with van der Waals surface area (Å²) >= 11 is 6.08. The fourth-order valence-electron chi connectivity index (χ4n) is 4.00. The van der Waals surface area contributed by atoms with Gasteiger partial charge in [0.2, 0.25) is 10.0 Å². The van der Waals surface area contributed by atoms with Crippen LogP contribution in [-0.2, 0) is 15.4 Å². The first kappa shape index (κ1) is 23.5. The second kappa shape index (κ2) is 9.99. The average molecular weight is 456 g/mol. The number of rotatable bonds is 9. The van der Waals surface area contributed by atoms with Gasteiger partial charge >= 0.3 is 0 Å². The van der Waals surface area contributed by atoms with Crippen LogP contribution >= 0.6 is 11.6 Å². The smallest absolute Gasteiger partial charge is 0.212 e. The summed E-state index contributed by atoms with van der Waals surface area (Å²) in [6.45, 7) is 6.39. The molecule has 0 aliphatic rings. The van der Waals surface area contributed by atoms with E-state index < -0.39 is 15.4 Å². The highest BCUT2D eigenvalue weighted by atomic mass is 35.5. The van der Waals surface area contributed by atoms with Crippen molar-refractivity contribution < 1.29 is 8.42 Å². The maximum atomic E-state index is 13.0. The Morgan fingerprint density at radius 3 is 1.97 bits per heavy atom. The van der Waals surface area contributed by atoms with Gasteiger partial charge in [-0.1, -0.05) is 105 Å². The number of hydrogen-bond donors (Lipinski definition) is 1. The minimum Gasteiger partial charge on any atom is -0.215 e. The van der Waals surface area contributed by atoms with Gasteiger partial charge in [0.15, 0.2) is 0 Å². The molecule has 31 heavy (non-hydrogen) atoms. The van der Waals surface area contributed by atoms with Gasteiger partial charge in [0.05, 0.1) is 5.75 Å². The summed E-state index contributed by atoms with van der Waals surface area (Å²) in [5.74, 6) is 0.137. The molecule has 3 rings (SSSR count). The Morgan fingerprint density at radius 1 is 0.839 bits per heavy atom. The minimum atomic E-state index is -3.49. The first-order chi connectivity index (χ1) is 14.7. The zero-order chi connectivity index (χ0) is 22.5. The van der Waals surface area contributed by atoms with Gasteiger partial charge in [-0.2, -0.15) is 0 Å². The standard InChI is InChI=1S/C26H30ClNO2S/c1-20(21-10-6-4-7-11-21)25(22-14-16-24(27)17-15-22)18-28-31(29,30)19-26(2,3)23-12-8-5-9-13-23/h4-17,20,25,28H,18-19H2,1-3H3. The SMILES string of the molecule is CC(c1ccccc1)C(CNS(=O)(=O)CC(C)(C)c1ccccc1)c1ccc(Cl)cc1. The van der Waals surface area contributed by atoms with Crippen LogP contribution < -0.4 is 4.72 Å². The molecule has 0 saturated heterocycles. The third-order valence-corrected chi connectivity index (χ3v) is 7.82. The second-order valence-electron chi connectivity index (χ2n) is 8.71. The van der Waals surface area contributed by atoms with Crippen molar-refractivity contribution in [3.63, 3.8) is 0 Å². The molecule has 1 N–H and O–H groups in total. The van der Waals surface area contributed by atoms with Gasteiger partial charge in [0.1, 0.15) is 0 Å². The zero-order valence-electron chi connectivity index (χ0n) is 18.3. The quantitative estimate of drug-likeness (QED) is 0.422. The van der Waals surface area contributed by atoms with Gasteiger partial charge in [0, 0.05) is 22.9 Å². The average Bonchev–Trinajstić information content (AvgIpc) is 2.75. The molecule has 2 atom stereocenters. The summed E-state index contributed by atoms with van der Waals surface area (Å²) in [5.41, 5.74) is 2.75. The summed E-state index contributed by atoms with van der Waals surface area (Å²) in [6, 6.07) is 27.6. The van der Waals surface area contributed by atoms with E-state index >= 15 is 0 Å². The molecule has 0 aliphatic carbocycles. The summed E-state index contributed by atoms with van der Waals surface area (Å²) in [4.78, 5) is 0. The van der Waals surface area contributed by atoms with Crippen molar-refractivity contribution in [2.45, 2.75) is 38.0 Å². The van der Waals surface area contributed by atoms with Gasteiger partial charge in [-0.05, 0) is 34.7 Å². The van der Waals surface area contributed by atoms with E-state index in [9.17, 15) is 8.42 Å². The molecule has 0 radical (unpaired) electrons. The topological polar surface area (TPSA) is 46.2 Å². The van der Waals surface area contributed by atoms with Crippen molar-refractivity contribution in [1.29, 1.82) is 0 Å². The van der Waals surface area contributed by atoms with Crippen LogP contribution in [0.5, 0.6) is 0 Å². The largest absolute Gasteiger partial charge is 0.215 e. The van der Waals surface area contributed by atoms with E-state index in [1.807, 2.05) is 86.6 Å². The summed E-state index contributed by atoms with van der Waals surface area (Å²) < 4.78 is 29.0. The van der Waals surface area contributed by atoms with E-state index in [4.69, 9.17) is 11.6 Å². The fourth-order valence-corrected chi connectivity index (χ4v) is 5.78. The molecule has 0 fully saturated rings. The van der Waals surface area contributed by atoms with E-state index in [2.05, 4.69) is 23.8 Å².